The molecule has 0 spiro atoms. The Kier molecular flexibility index (Phi) is 2.98. The van der Waals surface area contributed by atoms with E-state index in [-0.39, 0.29) is 6.54 Å². The number of halogens is 3. The molecule has 74 valence electrons. The van der Waals surface area contributed by atoms with Crippen LogP contribution < -0.4 is 5.73 Å². The topological polar surface area (TPSA) is 30.9 Å². The molecule has 0 aliphatic carbocycles. The first-order chi connectivity index (χ1) is 6.01. The van der Waals surface area contributed by atoms with Crippen molar-refractivity contribution in [1.29, 1.82) is 0 Å². The summed E-state index contributed by atoms with van der Waals surface area (Å²) < 4.78 is 36.9. The summed E-state index contributed by atoms with van der Waals surface area (Å²) in [6.45, 7) is 0.322. The van der Waals surface area contributed by atoms with Gasteiger partial charge in [-0.3, -0.25) is 0 Å². The number of rotatable bonds is 3. The summed E-state index contributed by atoms with van der Waals surface area (Å²) in [5.74, 6) is 0. The van der Waals surface area contributed by atoms with Crippen molar-refractivity contribution < 1.29 is 13.2 Å². The van der Waals surface area contributed by atoms with Crippen LogP contribution in [0.3, 0.4) is 0 Å². The summed E-state index contributed by atoms with van der Waals surface area (Å²) in [7, 11) is 0. The van der Waals surface area contributed by atoms with Gasteiger partial charge in [-0.25, -0.2) is 0 Å². The van der Waals surface area contributed by atoms with E-state index in [2.05, 4.69) is 0 Å². The summed E-state index contributed by atoms with van der Waals surface area (Å²) >= 11 is 0. The van der Waals surface area contributed by atoms with Crippen LogP contribution in [0, 0.1) is 0 Å². The Morgan fingerprint density at radius 1 is 1.38 bits per heavy atom. The van der Waals surface area contributed by atoms with Crippen molar-refractivity contribution in [3.05, 3.63) is 24.0 Å². The molecule has 1 aromatic rings. The van der Waals surface area contributed by atoms with E-state index in [0.29, 0.717) is 6.54 Å². The van der Waals surface area contributed by atoms with E-state index in [0.717, 1.165) is 5.56 Å². The highest BCUT2D eigenvalue weighted by atomic mass is 19.4. The molecule has 1 aromatic heterocycles. The van der Waals surface area contributed by atoms with Gasteiger partial charge < -0.3 is 10.3 Å². The minimum atomic E-state index is -4.09. The van der Waals surface area contributed by atoms with E-state index in [1.807, 2.05) is 0 Å². The van der Waals surface area contributed by atoms with Crippen LogP contribution in [0.2, 0.25) is 0 Å². The molecule has 0 unspecified atom stereocenters. The number of alkyl halides is 3. The number of hydrogen-bond donors (Lipinski definition) is 1. The molecule has 0 aromatic carbocycles. The molecule has 0 atom stereocenters. The maximum absolute atomic E-state index is 11.8. The molecule has 0 bridgehead atoms. The molecule has 1 heterocycles. The Morgan fingerprint density at radius 3 is 2.54 bits per heavy atom. The van der Waals surface area contributed by atoms with Crippen molar-refractivity contribution in [2.45, 2.75) is 25.7 Å². The third-order valence-electron chi connectivity index (χ3n) is 1.70. The summed E-state index contributed by atoms with van der Waals surface area (Å²) in [6.07, 6.45) is -1.65. The van der Waals surface area contributed by atoms with E-state index in [1.165, 1.54) is 4.57 Å². The predicted molar refractivity (Wildman–Crippen MR) is 43.0 cm³/mol. The van der Waals surface area contributed by atoms with Crippen LogP contribution in [-0.4, -0.2) is 10.7 Å². The molecule has 0 aliphatic rings. The lowest BCUT2D eigenvalue weighted by Crippen LogP contribution is -2.11. The monoisotopic (exact) mass is 192 g/mol. The number of aromatic nitrogens is 1. The van der Waals surface area contributed by atoms with Crippen LogP contribution >= 0.6 is 0 Å². The van der Waals surface area contributed by atoms with Crippen LogP contribution in [0.5, 0.6) is 0 Å². The van der Waals surface area contributed by atoms with Gasteiger partial charge in [-0.1, -0.05) is 0 Å². The molecule has 0 saturated heterocycles. The normalized spacial score (nSPS) is 12.0. The van der Waals surface area contributed by atoms with E-state index in [9.17, 15) is 13.2 Å². The number of nitrogens with zero attached hydrogens (tertiary/aromatic N) is 1. The average Bonchev–Trinajstić information content (AvgIpc) is 2.47. The second kappa shape index (κ2) is 3.83. The lowest BCUT2D eigenvalue weighted by molar-refractivity contribution is -0.136. The lowest BCUT2D eigenvalue weighted by Gasteiger charge is -2.06. The van der Waals surface area contributed by atoms with Crippen molar-refractivity contribution in [3.63, 3.8) is 0 Å². The van der Waals surface area contributed by atoms with E-state index >= 15 is 0 Å². The van der Waals surface area contributed by atoms with Gasteiger partial charge in [-0.05, 0) is 11.6 Å². The summed E-state index contributed by atoms with van der Waals surface area (Å²) in [4.78, 5) is 0. The summed E-state index contributed by atoms with van der Waals surface area (Å²) in [6, 6.07) is 1.72. The molecular formula is C8H11F3N2. The van der Waals surface area contributed by atoms with Crippen LogP contribution in [-0.2, 0) is 13.1 Å². The molecule has 13 heavy (non-hydrogen) atoms. The standard InChI is InChI=1S/C8H11F3N2/c9-8(10,11)2-4-13-3-1-7(5-12)6-13/h1,3,6H,2,4-5,12H2. The van der Waals surface area contributed by atoms with Gasteiger partial charge in [0.15, 0.2) is 0 Å². The zero-order chi connectivity index (χ0) is 9.90. The van der Waals surface area contributed by atoms with E-state index < -0.39 is 12.6 Å². The first-order valence-corrected chi connectivity index (χ1v) is 3.93. The number of hydrogen-bond acceptors (Lipinski definition) is 1. The zero-order valence-electron chi connectivity index (χ0n) is 7.01. The van der Waals surface area contributed by atoms with Crippen molar-refractivity contribution in [1.82, 2.24) is 4.57 Å². The Balaban J connectivity index is 2.46. The molecule has 2 nitrogen and oxygen atoms in total. The van der Waals surface area contributed by atoms with Gasteiger partial charge in [0.25, 0.3) is 0 Å². The molecule has 2 N–H and O–H groups in total. The van der Waals surface area contributed by atoms with Gasteiger partial charge >= 0.3 is 6.18 Å². The molecule has 0 radical (unpaired) electrons. The fourth-order valence-electron chi connectivity index (χ4n) is 1.01. The first-order valence-electron chi connectivity index (χ1n) is 3.93. The Morgan fingerprint density at radius 2 is 2.08 bits per heavy atom. The van der Waals surface area contributed by atoms with E-state index in [4.69, 9.17) is 5.73 Å². The third-order valence-corrected chi connectivity index (χ3v) is 1.70. The smallest absolute Gasteiger partial charge is 0.354 e. The maximum Gasteiger partial charge on any atom is 0.390 e. The van der Waals surface area contributed by atoms with Crippen LogP contribution in [0.15, 0.2) is 18.5 Å². The van der Waals surface area contributed by atoms with Crippen LogP contribution in [0.25, 0.3) is 0 Å². The zero-order valence-corrected chi connectivity index (χ0v) is 7.01. The second-order valence-electron chi connectivity index (χ2n) is 2.83. The summed E-state index contributed by atoms with van der Waals surface area (Å²) in [5.41, 5.74) is 6.16. The fourth-order valence-corrected chi connectivity index (χ4v) is 1.01. The molecule has 0 amide bonds. The minimum Gasteiger partial charge on any atom is -0.354 e. The average molecular weight is 192 g/mol. The highest BCUT2D eigenvalue weighted by Crippen LogP contribution is 2.20. The SMILES string of the molecule is NCc1ccn(CCC(F)(F)F)c1. The fraction of sp³-hybridized carbons (Fsp3) is 0.500. The van der Waals surface area contributed by atoms with Crippen molar-refractivity contribution in [2.24, 2.45) is 5.73 Å². The van der Waals surface area contributed by atoms with Gasteiger partial charge in [-0.2, -0.15) is 13.2 Å². The van der Waals surface area contributed by atoms with Gasteiger partial charge in [0.1, 0.15) is 0 Å². The Hall–Kier alpha value is -0.970. The van der Waals surface area contributed by atoms with Gasteiger partial charge in [0.05, 0.1) is 6.42 Å². The highest BCUT2D eigenvalue weighted by molar-refractivity contribution is 5.09. The van der Waals surface area contributed by atoms with E-state index in [1.54, 1.807) is 18.5 Å². The quantitative estimate of drug-likeness (QED) is 0.779. The van der Waals surface area contributed by atoms with Gasteiger partial charge in [0, 0.05) is 25.5 Å². The number of nitrogens with two attached hydrogens (primary N) is 1. The van der Waals surface area contributed by atoms with Crippen molar-refractivity contribution >= 4 is 0 Å². The predicted octanol–water partition coefficient (Wildman–Crippen LogP) is 1.90. The highest BCUT2D eigenvalue weighted by Gasteiger charge is 2.26. The van der Waals surface area contributed by atoms with Gasteiger partial charge in [0.2, 0.25) is 0 Å². The molecule has 5 heteroatoms. The third kappa shape index (κ3) is 3.50. The molecule has 0 saturated carbocycles. The summed E-state index contributed by atoms with van der Waals surface area (Å²) in [5, 5.41) is 0. The minimum absolute atomic E-state index is 0.0382. The van der Waals surface area contributed by atoms with Crippen LogP contribution in [0.1, 0.15) is 12.0 Å². The van der Waals surface area contributed by atoms with Gasteiger partial charge in [-0.15, -0.1) is 0 Å². The van der Waals surface area contributed by atoms with Crippen LogP contribution in [0.4, 0.5) is 13.2 Å². The maximum atomic E-state index is 11.8. The largest absolute Gasteiger partial charge is 0.390 e. The second-order valence-corrected chi connectivity index (χ2v) is 2.83. The molecule has 1 rings (SSSR count). The Bertz CT molecular complexity index is 265. The molecular weight excluding hydrogens is 181 g/mol. The van der Waals surface area contributed by atoms with Crippen molar-refractivity contribution in [3.8, 4) is 0 Å². The first kappa shape index (κ1) is 10.1. The molecule has 0 aliphatic heterocycles. The lowest BCUT2D eigenvalue weighted by atomic mass is 10.3. The molecule has 0 fully saturated rings. The van der Waals surface area contributed by atoms with Crippen molar-refractivity contribution in [2.75, 3.05) is 0 Å². The Labute approximate surface area is 74.1 Å². The number of aryl methyl sites for hydroxylation is 1.